The van der Waals surface area contributed by atoms with Crippen molar-refractivity contribution in [3.63, 3.8) is 0 Å². The Hall–Kier alpha value is -3.11. The number of aromatic nitrogens is 2. The van der Waals surface area contributed by atoms with Crippen LogP contribution < -0.4 is 27.2 Å². The van der Waals surface area contributed by atoms with E-state index in [0.29, 0.717) is 45.1 Å². The normalized spacial score (nSPS) is 14.9. The lowest BCUT2D eigenvalue weighted by Crippen LogP contribution is -2.49. The van der Waals surface area contributed by atoms with Gasteiger partial charge in [-0.3, -0.25) is 28.8 Å². The number of amides is 4. The van der Waals surface area contributed by atoms with Crippen molar-refractivity contribution in [2.45, 2.75) is 97.6 Å². The Morgan fingerprint density at radius 1 is 0.943 bits per heavy atom. The highest BCUT2D eigenvalue weighted by Gasteiger charge is 2.50. The Labute approximate surface area is 206 Å². The topological polar surface area (TPSA) is 151 Å². The third-order valence-electron chi connectivity index (χ3n) is 6.40. The molecule has 11 nitrogen and oxygen atoms in total. The van der Waals surface area contributed by atoms with Gasteiger partial charge in [0, 0.05) is 13.1 Å². The van der Waals surface area contributed by atoms with Crippen molar-refractivity contribution < 1.29 is 14.4 Å². The Kier molecular flexibility index (Phi) is 10.1. The van der Waals surface area contributed by atoms with E-state index in [-0.39, 0.29) is 18.1 Å². The quantitative estimate of drug-likeness (QED) is 0.268. The second-order valence-corrected chi connectivity index (χ2v) is 9.15. The molecule has 0 aromatic carbocycles. The summed E-state index contributed by atoms with van der Waals surface area (Å²) in [5.41, 5.74) is 3.70. The smallest absolute Gasteiger partial charge is 0.330 e. The first-order valence-corrected chi connectivity index (χ1v) is 12.7. The number of anilines is 2. The van der Waals surface area contributed by atoms with Gasteiger partial charge in [0.1, 0.15) is 17.9 Å². The summed E-state index contributed by atoms with van der Waals surface area (Å²) in [6.07, 6.45) is 6.09. The van der Waals surface area contributed by atoms with Crippen LogP contribution in [0.5, 0.6) is 0 Å². The van der Waals surface area contributed by atoms with Gasteiger partial charge in [-0.2, -0.15) is 0 Å². The molecule has 4 N–H and O–H groups in total. The first kappa shape index (κ1) is 28.1. The number of aromatic amines is 1. The van der Waals surface area contributed by atoms with Crippen molar-refractivity contribution >= 4 is 29.4 Å². The van der Waals surface area contributed by atoms with Crippen LogP contribution in [0.3, 0.4) is 0 Å². The molecule has 4 amide bonds. The van der Waals surface area contributed by atoms with E-state index in [0.717, 1.165) is 24.2 Å². The highest BCUT2D eigenvalue weighted by molar-refractivity contribution is 6.10. The molecule has 0 unspecified atom stereocenters. The molecule has 0 bridgehead atoms. The molecule has 1 aromatic heterocycles. The van der Waals surface area contributed by atoms with Crippen LogP contribution in [0.25, 0.3) is 0 Å². The van der Waals surface area contributed by atoms with Crippen LogP contribution in [0, 0.1) is 0 Å². The molecule has 1 aliphatic rings. The zero-order valence-corrected chi connectivity index (χ0v) is 21.4. The van der Waals surface area contributed by atoms with Crippen molar-refractivity contribution in [3.05, 3.63) is 20.8 Å². The summed E-state index contributed by atoms with van der Waals surface area (Å²) in [6, 6.07) is -0.617. The summed E-state index contributed by atoms with van der Waals surface area (Å²) >= 11 is 0. The maximum absolute atomic E-state index is 13.5. The summed E-state index contributed by atoms with van der Waals surface area (Å²) in [5, 5.41) is 2.80. The van der Waals surface area contributed by atoms with E-state index in [4.69, 9.17) is 5.73 Å². The van der Waals surface area contributed by atoms with Crippen LogP contribution in [-0.4, -0.2) is 50.9 Å². The molecule has 1 aliphatic heterocycles. The lowest BCUT2D eigenvalue weighted by atomic mass is 9.88. The van der Waals surface area contributed by atoms with E-state index >= 15 is 0 Å². The summed E-state index contributed by atoms with van der Waals surface area (Å²) in [7, 11) is 0. The van der Waals surface area contributed by atoms with Crippen LogP contribution in [0.15, 0.2) is 9.59 Å². The molecule has 2 heterocycles. The Morgan fingerprint density at radius 2 is 1.57 bits per heavy atom. The average molecular weight is 493 g/mol. The minimum atomic E-state index is -1.02. The highest BCUT2D eigenvalue weighted by Crippen LogP contribution is 2.28. The van der Waals surface area contributed by atoms with Gasteiger partial charge in [0.15, 0.2) is 5.69 Å². The number of urea groups is 1. The van der Waals surface area contributed by atoms with Crippen molar-refractivity contribution in [2.75, 3.05) is 23.7 Å². The highest BCUT2D eigenvalue weighted by atomic mass is 16.2. The Balaban J connectivity index is 2.44. The van der Waals surface area contributed by atoms with Gasteiger partial charge in [0.2, 0.25) is 5.91 Å². The van der Waals surface area contributed by atoms with Gasteiger partial charge in [0.25, 0.3) is 11.5 Å². The van der Waals surface area contributed by atoms with Gasteiger partial charge in [0.05, 0.1) is 0 Å². The predicted octanol–water partition coefficient (Wildman–Crippen LogP) is 2.33. The minimum Gasteiger partial charge on any atom is -0.383 e. The zero-order valence-electron chi connectivity index (χ0n) is 21.4. The molecule has 35 heavy (non-hydrogen) atoms. The van der Waals surface area contributed by atoms with Gasteiger partial charge in [-0.05, 0) is 25.7 Å². The van der Waals surface area contributed by atoms with E-state index in [9.17, 15) is 24.0 Å². The number of rotatable bonds is 14. The first-order valence-electron chi connectivity index (χ1n) is 12.7. The SMILES string of the molecule is CCCCCN(C(=O)CN1C(=O)NC(CCC)(CCC)C1=O)c1c(N)n(CCCC)c(=O)[nH]c1=O. The maximum atomic E-state index is 13.5. The van der Waals surface area contributed by atoms with Gasteiger partial charge in [-0.25, -0.2) is 9.59 Å². The molecule has 11 heteroatoms. The lowest BCUT2D eigenvalue weighted by molar-refractivity contribution is -0.134. The summed E-state index contributed by atoms with van der Waals surface area (Å²) in [5.74, 6) is -1.13. The maximum Gasteiger partial charge on any atom is 0.330 e. The fourth-order valence-corrected chi connectivity index (χ4v) is 4.62. The average Bonchev–Trinajstić information content (AvgIpc) is 3.02. The fraction of sp³-hybridized carbons (Fsp3) is 0.708. The van der Waals surface area contributed by atoms with Crippen LogP contribution in [-0.2, 0) is 16.1 Å². The van der Waals surface area contributed by atoms with Crippen molar-refractivity contribution in [1.29, 1.82) is 0 Å². The lowest BCUT2D eigenvalue weighted by Gasteiger charge is -2.27. The number of hydrogen-bond acceptors (Lipinski definition) is 6. The molecule has 1 saturated heterocycles. The molecule has 196 valence electrons. The molecule has 1 fully saturated rings. The summed E-state index contributed by atoms with van der Waals surface area (Å²) in [6.45, 7) is 7.79. The third kappa shape index (κ3) is 6.12. The van der Waals surface area contributed by atoms with Gasteiger partial charge < -0.3 is 16.0 Å². The molecule has 0 aliphatic carbocycles. The molecule has 1 aromatic rings. The zero-order chi connectivity index (χ0) is 26.2. The fourth-order valence-electron chi connectivity index (χ4n) is 4.62. The number of imide groups is 1. The number of carbonyl (C=O) groups is 3. The standard InChI is InChI=1S/C24H40N6O5/c1-5-9-11-15-28(18-19(25)29(14-10-6-2)22(34)26-20(18)32)17(31)16-30-21(33)24(12-7-3,13-8-4)27-23(30)35/h5-16,25H2,1-4H3,(H,27,35)(H,26,32,34). The number of H-pyrrole nitrogens is 1. The number of nitrogen functional groups attached to an aromatic ring is 1. The van der Waals surface area contributed by atoms with E-state index < -0.39 is 41.2 Å². The van der Waals surface area contributed by atoms with Crippen molar-refractivity contribution in [3.8, 4) is 0 Å². The number of carbonyl (C=O) groups excluding carboxylic acids is 3. The van der Waals surface area contributed by atoms with Crippen LogP contribution >= 0.6 is 0 Å². The number of nitrogens with zero attached hydrogens (tertiary/aromatic N) is 3. The molecule has 0 atom stereocenters. The summed E-state index contributed by atoms with van der Waals surface area (Å²) < 4.78 is 1.25. The third-order valence-corrected chi connectivity index (χ3v) is 6.40. The molecule has 0 saturated carbocycles. The number of hydrogen-bond donors (Lipinski definition) is 3. The minimum absolute atomic E-state index is 0.0967. The molecular formula is C24H40N6O5. The van der Waals surface area contributed by atoms with Crippen LogP contribution in [0.4, 0.5) is 16.3 Å². The van der Waals surface area contributed by atoms with Gasteiger partial charge in [-0.1, -0.05) is 59.8 Å². The van der Waals surface area contributed by atoms with Crippen molar-refractivity contribution in [1.82, 2.24) is 19.8 Å². The van der Waals surface area contributed by atoms with E-state index in [2.05, 4.69) is 10.3 Å². The molecule has 0 radical (unpaired) electrons. The van der Waals surface area contributed by atoms with E-state index in [1.807, 2.05) is 27.7 Å². The summed E-state index contributed by atoms with van der Waals surface area (Å²) in [4.78, 5) is 69.0. The predicted molar refractivity (Wildman–Crippen MR) is 135 cm³/mol. The number of nitrogens with two attached hydrogens (primary N) is 1. The van der Waals surface area contributed by atoms with Gasteiger partial charge >= 0.3 is 11.7 Å². The van der Waals surface area contributed by atoms with Gasteiger partial charge in [-0.15, -0.1) is 0 Å². The Morgan fingerprint density at radius 3 is 2.14 bits per heavy atom. The molecular weight excluding hydrogens is 452 g/mol. The monoisotopic (exact) mass is 492 g/mol. The van der Waals surface area contributed by atoms with E-state index in [1.54, 1.807) is 0 Å². The molecule has 2 rings (SSSR count). The van der Waals surface area contributed by atoms with Crippen molar-refractivity contribution in [2.24, 2.45) is 0 Å². The number of unbranched alkanes of at least 4 members (excludes halogenated alkanes) is 3. The molecule has 0 spiro atoms. The largest absolute Gasteiger partial charge is 0.383 e. The number of nitrogens with one attached hydrogen (secondary N) is 2. The van der Waals surface area contributed by atoms with Crippen LogP contribution in [0.1, 0.15) is 85.5 Å². The van der Waals surface area contributed by atoms with E-state index in [1.165, 1.54) is 9.47 Å². The first-order chi connectivity index (χ1) is 16.7. The second kappa shape index (κ2) is 12.6. The Bertz CT molecular complexity index is 1020. The second-order valence-electron chi connectivity index (χ2n) is 9.15. The van der Waals surface area contributed by atoms with Crippen LogP contribution in [0.2, 0.25) is 0 Å².